The number of carboxylic acid groups (broad SMARTS) is 1. The minimum Gasteiger partial charge on any atom is -0.481 e. The van der Waals surface area contributed by atoms with Gasteiger partial charge in [0.25, 0.3) is 0 Å². The molecule has 0 bridgehead atoms. The number of carboxylic acids is 1. The van der Waals surface area contributed by atoms with Crippen molar-refractivity contribution in [3.8, 4) is 0 Å². The Morgan fingerprint density at radius 2 is 1.95 bits per heavy atom. The molecule has 2 N–H and O–H groups in total. The molecule has 0 aliphatic carbocycles. The zero-order chi connectivity index (χ0) is 15.6. The summed E-state index contributed by atoms with van der Waals surface area (Å²) in [7, 11) is -3.85. The average Bonchev–Trinajstić information content (AvgIpc) is 2.24. The molecule has 1 rings (SSSR count). The number of carbonyl (C=O) groups is 1. The van der Waals surface area contributed by atoms with E-state index in [2.05, 4.69) is 4.72 Å². The van der Waals surface area contributed by atoms with Crippen LogP contribution >= 0.6 is 23.2 Å². The van der Waals surface area contributed by atoms with Gasteiger partial charge in [0.15, 0.2) is 0 Å². The molecule has 20 heavy (non-hydrogen) atoms. The Kier molecular flexibility index (Phi) is 5.43. The number of benzene rings is 1. The van der Waals surface area contributed by atoms with Crippen LogP contribution in [-0.2, 0) is 14.8 Å². The number of aliphatic carboxylic acids is 1. The molecule has 0 heterocycles. The maximum absolute atomic E-state index is 12.2. The summed E-state index contributed by atoms with van der Waals surface area (Å²) in [4.78, 5) is 10.5. The minimum absolute atomic E-state index is 0.0130. The third-order valence-corrected chi connectivity index (χ3v) is 4.97. The molecule has 0 saturated carbocycles. The molecular formula is C12H15Cl2NO4S. The van der Waals surface area contributed by atoms with Crippen LogP contribution in [0.25, 0.3) is 0 Å². The number of halogens is 2. The highest BCUT2D eigenvalue weighted by Crippen LogP contribution is 2.26. The van der Waals surface area contributed by atoms with Crippen molar-refractivity contribution in [2.24, 2.45) is 0 Å². The van der Waals surface area contributed by atoms with Gasteiger partial charge in [-0.2, -0.15) is 0 Å². The van der Waals surface area contributed by atoms with Crippen LogP contribution < -0.4 is 4.72 Å². The van der Waals surface area contributed by atoms with Crippen LogP contribution in [0.4, 0.5) is 0 Å². The predicted octanol–water partition coefficient (Wildman–Crippen LogP) is 2.92. The topological polar surface area (TPSA) is 83.5 Å². The van der Waals surface area contributed by atoms with Crippen molar-refractivity contribution in [2.75, 3.05) is 0 Å². The van der Waals surface area contributed by atoms with Gasteiger partial charge in [0.1, 0.15) is 4.90 Å². The summed E-state index contributed by atoms with van der Waals surface area (Å²) in [5.74, 6) is -0.984. The lowest BCUT2D eigenvalue weighted by Crippen LogP contribution is -2.43. The molecule has 0 fully saturated rings. The molecule has 0 aliphatic rings. The molecule has 112 valence electrons. The molecule has 1 aromatic rings. The van der Waals surface area contributed by atoms with Crippen LogP contribution in [0.3, 0.4) is 0 Å². The second-order valence-corrected chi connectivity index (χ2v) is 7.45. The van der Waals surface area contributed by atoms with Crippen LogP contribution in [0.15, 0.2) is 23.1 Å². The van der Waals surface area contributed by atoms with E-state index in [-0.39, 0.29) is 22.8 Å². The van der Waals surface area contributed by atoms with E-state index in [1.807, 2.05) is 0 Å². The van der Waals surface area contributed by atoms with Crippen LogP contribution in [0.5, 0.6) is 0 Å². The second kappa shape index (κ2) is 6.30. The fourth-order valence-electron chi connectivity index (χ4n) is 1.58. The van der Waals surface area contributed by atoms with Gasteiger partial charge >= 0.3 is 5.97 Å². The lowest BCUT2D eigenvalue weighted by atomic mass is 10.0. The largest absolute Gasteiger partial charge is 0.481 e. The fraction of sp³-hybridized carbons (Fsp3) is 0.417. The summed E-state index contributed by atoms with van der Waals surface area (Å²) in [5, 5.41) is 9.00. The van der Waals surface area contributed by atoms with Gasteiger partial charge in [-0.1, -0.05) is 23.2 Å². The number of nitrogens with one attached hydrogen (secondary N) is 1. The summed E-state index contributed by atoms with van der Waals surface area (Å²) in [6.45, 7) is 3.22. The molecule has 0 aliphatic heterocycles. The molecule has 0 atom stereocenters. The van der Waals surface area contributed by atoms with Gasteiger partial charge in [-0.25, -0.2) is 13.1 Å². The number of rotatable bonds is 6. The van der Waals surface area contributed by atoms with E-state index < -0.39 is 21.5 Å². The second-order valence-electron chi connectivity index (χ2n) is 4.96. The first kappa shape index (κ1) is 17.2. The third-order valence-electron chi connectivity index (χ3n) is 2.56. The van der Waals surface area contributed by atoms with Gasteiger partial charge in [-0.05, 0) is 38.5 Å². The first-order valence-corrected chi connectivity index (χ1v) is 7.98. The molecule has 0 aromatic heterocycles. The summed E-state index contributed by atoms with van der Waals surface area (Å²) in [5.41, 5.74) is -0.903. The molecule has 5 nitrogen and oxygen atoms in total. The van der Waals surface area contributed by atoms with Crippen LogP contribution in [0, 0.1) is 0 Å². The Labute approximate surface area is 127 Å². The van der Waals surface area contributed by atoms with Gasteiger partial charge in [0.2, 0.25) is 10.0 Å². The lowest BCUT2D eigenvalue weighted by Gasteiger charge is -2.25. The molecule has 1 aromatic carbocycles. The quantitative estimate of drug-likeness (QED) is 0.834. The Morgan fingerprint density at radius 3 is 2.45 bits per heavy atom. The molecule has 8 heteroatoms. The van der Waals surface area contributed by atoms with Gasteiger partial charge in [-0.3, -0.25) is 4.79 Å². The zero-order valence-corrected chi connectivity index (χ0v) is 13.3. The van der Waals surface area contributed by atoms with E-state index in [4.69, 9.17) is 28.3 Å². The monoisotopic (exact) mass is 339 g/mol. The maximum atomic E-state index is 12.2. The molecular weight excluding hydrogens is 325 g/mol. The normalized spacial score (nSPS) is 12.4. The summed E-state index contributed by atoms with van der Waals surface area (Å²) in [6.07, 6.45) is 0.0244. The van der Waals surface area contributed by atoms with Crippen LogP contribution in [-0.4, -0.2) is 25.0 Å². The Bertz CT molecular complexity index is 614. The van der Waals surface area contributed by atoms with Crippen LogP contribution in [0.1, 0.15) is 26.7 Å². The molecule has 0 unspecified atom stereocenters. The smallest absolute Gasteiger partial charge is 0.303 e. The number of hydrogen-bond donors (Lipinski definition) is 2. The van der Waals surface area contributed by atoms with Crippen molar-refractivity contribution in [1.82, 2.24) is 4.72 Å². The molecule has 0 radical (unpaired) electrons. The summed E-state index contributed by atoms with van der Waals surface area (Å²) >= 11 is 11.6. The van der Waals surface area contributed by atoms with Gasteiger partial charge < -0.3 is 5.11 Å². The van der Waals surface area contributed by atoms with Crippen molar-refractivity contribution in [2.45, 2.75) is 37.1 Å². The Balaban J connectivity index is 2.97. The SMILES string of the molecule is CC(C)(CCC(=O)O)NS(=O)(=O)c1ccc(Cl)cc1Cl. The van der Waals surface area contributed by atoms with E-state index in [1.54, 1.807) is 13.8 Å². The highest BCUT2D eigenvalue weighted by atomic mass is 35.5. The highest BCUT2D eigenvalue weighted by molar-refractivity contribution is 7.89. The maximum Gasteiger partial charge on any atom is 0.303 e. The zero-order valence-electron chi connectivity index (χ0n) is 11.0. The molecule has 0 amide bonds. The fourth-order valence-corrected chi connectivity index (χ4v) is 3.80. The van der Waals surface area contributed by atoms with Gasteiger partial charge in [-0.15, -0.1) is 0 Å². The first-order valence-electron chi connectivity index (χ1n) is 5.74. The Hall–Kier alpha value is -0.820. The number of hydrogen-bond acceptors (Lipinski definition) is 3. The van der Waals surface area contributed by atoms with Crippen molar-refractivity contribution in [3.05, 3.63) is 28.2 Å². The van der Waals surface area contributed by atoms with Gasteiger partial charge in [0, 0.05) is 17.0 Å². The summed E-state index contributed by atoms with van der Waals surface area (Å²) < 4.78 is 26.9. The van der Waals surface area contributed by atoms with E-state index in [9.17, 15) is 13.2 Å². The molecule has 0 saturated heterocycles. The minimum atomic E-state index is -3.85. The van der Waals surface area contributed by atoms with Crippen molar-refractivity contribution in [3.63, 3.8) is 0 Å². The van der Waals surface area contributed by atoms with E-state index >= 15 is 0 Å². The first-order chi connectivity index (χ1) is 9.03. The predicted molar refractivity (Wildman–Crippen MR) is 77.7 cm³/mol. The lowest BCUT2D eigenvalue weighted by molar-refractivity contribution is -0.137. The van der Waals surface area contributed by atoms with Gasteiger partial charge in [0.05, 0.1) is 5.02 Å². The highest BCUT2D eigenvalue weighted by Gasteiger charge is 2.28. The molecule has 0 spiro atoms. The van der Waals surface area contributed by atoms with E-state index in [0.717, 1.165) is 0 Å². The van der Waals surface area contributed by atoms with Crippen molar-refractivity contribution < 1.29 is 18.3 Å². The van der Waals surface area contributed by atoms with Crippen molar-refractivity contribution in [1.29, 1.82) is 0 Å². The van der Waals surface area contributed by atoms with E-state index in [0.29, 0.717) is 5.02 Å². The van der Waals surface area contributed by atoms with Crippen LogP contribution in [0.2, 0.25) is 10.0 Å². The van der Waals surface area contributed by atoms with Crippen molar-refractivity contribution >= 4 is 39.2 Å². The third kappa shape index (κ3) is 4.94. The summed E-state index contributed by atoms with van der Waals surface area (Å²) in [6, 6.07) is 4.06. The average molecular weight is 340 g/mol. The van der Waals surface area contributed by atoms with E-state index in [1.165, 1.54) is 18.2 Å². The number of sulfonamides is 1. The Morgan fingerprint density at radius 1 is 1.35 bits per heavy atom. The standard InChI is InChI=1S/C12H15Cl2NO4S/c1-12(2,6-5-11(16)17)15-20(18,19)10-4-3-8(13)7-9(10)14/h3-4,7,15H,5-6H2,1-2H3,(H,16,17).